The lowest BCUT2D eigenvalue weighted by Gasteiger charge is -2.15. The maximum absolute atomic E-state index is 12.1. The monoisotopic (exact) mass is 374 g/mol. The highest BCUT2D eigenvalue weighted by Crippen LogP contribution is 2.21. The van der Waals surface area contributed by atoms with E-state index in [-0.39, 0.29) is 30.6 Å². The molecule has 0 saturated carbocycles. The van der Waals surface area contributed by atoms with E-state index in [1.54, 1.807) is 38.1 Å². The van der Waals surface area contributed by atoms with Crippen molar-refractivity contribution in [1.29, 1.82) is 0 Å². The fourth-order valence-corrected chi connectivity index (χ4v) is 2.66. The Morgan fingerprint density at radius 2 is 1.69 bits per heavy atom. The number of esters is 1. The maximum atomic E-state index is 12.1. The number of anilines is 1. The molecular formula is C20H23ClN2O3. The highest BCUT2D eigenvalue weighted by molar-refractivity contribution is 6.31. The van der Waals surface area contributed by atoms with E-state index in [1.165, 1.54) is 0 Å². The minimum absolute atomic E-state index is 0.0531. The summed E-state index contributed by atoms with van der Waals surface area (Å²) >= 11 is 6.16. The number of hydrogen-bond acceptors (Lipinski definition) is 4. The minimum Gasteiger partial charge on any atom is -0.459 e. The minimum atomic E-state index is -0.381. The van der Waals surface area contributed by atoms with Crippen molar-refractivity contribution in [2.75, 3.05) is 11.9 Å². The van der Waals surface area contributed by atoms with Crippen molar-refractivity contribution >= 4 is 29.2 Å². The standard InChI is InChI=1S/C20H23ClN2O3/c1-13(2)26-20(25)15-8-10-16(11-9-15)23-19(24)12-22-14(3)17-6-4-5-7-18(17)21/h4-11,13-14,22H,12H2,1-3H3,(H,23,24)/t14-/m0/s1. The van der Waals surface area contributed by atoms with Crippen molar-refractivity contribution in [2.45, 2.75) is 32.9 Å². The third-order valence-electron chi connectivity index (χ3n) is 3.69. The van der Waals surface area contributed by atoms with Gasteiger partial charge in [0.25, 0.3) is 0 Å². The summed E-state index contributed by atoms with van der Waals surface area (Å²) in [5, 5.41) is 6.59. The van der Waals surface area contributed by atoms with Gasteiger partial charge in [-0.15, -0.1) is 0 Å². The Balaban J connectivity index is 1.86. The smallest absolute Gasteiger partial charge is 0.338 e. The van der Waals surface area contributed by atoms with Crippen molar-refractivity contribution in [3.05, 3.63) is 64.7 Å². The molecule has 0 aliphatic carbocycles. The van der Waals surface area contributed by atoms with Crippen LogP contribution < -0.4 is 10.6 Å². The van der Waals surface area contributed by atoms with E-state index >= 15 is 0 Å². The van der Waals surface area contributed by atoms with Crippen LogP contribution in [0, 0.1) is 0 Å². The Hall–Kier alpha value is -2.37. The normalized spacial score (nSPS) is 11.9. The van der Waals surface area contributed by atoms with Crippen LogP contribution in [0.4, 0.5) is 5.69 Å². The molecule has 5 nitrogen and oxygen atoms in total. The van der Waals surface area contributed by atoms with Crippen molar-refractivity contribution in [1.82, 2.24) is 5.32 Å². The molecule has 0 aromatic heterocycles. The SMILES string of the molecule is CC(C)OC(=O)c1ccc(NC(=O)CN[C@@H](C)c2ccccc2Cl)cc1. The summed E-state index contributed by atoms with van der Waals surface area (Å²) in [5.74, 6) is -0.561. The molecule has 6 heteroatoms. The van der Waals surface area contributed by atoms with Crippen LogP contribution in [-0.4, -0.2) is 24.5 Å². The lowest BCUT2D eigenvalue weighted by Crippen LogP contribution is -2.30. The predicted molar refractivity (Wildman–Crippen MR) is 103 cm³/mol. The molecule has 2 rings (SSSR count). The van der Waals surface area contributed by atoms with Crippen LogP contribution in [0.15, 0.2) is 48.5 Å². The summed E-state index contributed by atoms with van der Waals surface area (Å²) in [5.41, 5.74) is 2.00. The van der Waals surface area contributed by atoms with Gasteiger partial charge in [0.15, 0.2) is 0 Å². The van der Waals surface area contributed by atoms with Gasteiger partial charge in [0.2, 0.25) is 5.91 Å². The Morgan fingerprint density at radius 3 is 2.31 bits per heavy atom. The second-order valence-corrected chi connectivity index (χ2v) is 6.61. The Bertz CT molecular complexity index is 760. The molecule has 138 valence electrons. The average molecular weight is 375 g/mol. The van der Waals surface area contributed by atoms with Crippen LogP contribution >= 0.6 is 11.6 Å². The fourth-order valence-electron chi connectivity index (χ4n) is 2.36. The number of nitrogens with one attached hydrogen (secondary N) is 2. The Morgan fingerprint density at radius 1 is 1.04 bits per heavy atom. The number of amides is 1. The maximum Gasteiger partial charge on any atom is 0.338 e. The molecule has 2 N–H and O–H groups in total. The van der Waals surface area contributed by atoms with E-state index in [2.05, 4.69) is 10.6 Å². The van der Waals surface area contributed by atoms with Crippen LogP contribution in [0.25, 0.3) is 0 Å². The zero-order chi connectivity index (χ0) is 19.1. The molecule has 2 aromatic rings. The summed E-state index contributed by atoms with van der Waals surface area (Å²) < 4.78 is 5.13. The van der Waals surface area contributed by atoms with Crippen LogP contribution in [0.2, 0.25) is 5.02 Å². The first-order valence-electron chi connectivity index (χ1n) is 8.45. The summed E-state index contributed by atoms with van der Waals surface area (Å²) in [7, 11) is 0. The molecule has 0 unspecified atom stereocenters. The summed E-state index contributed by atoms with van der Waals surface area (Å²) in [6, 6.07) is 14.1. The van der Waals surface area contributed by atoms with Crippen molar-refractivity contribution in [2.24, 2.45) is 0 Å². The third kappa shape index (κ3) is 5.86. The number of hydrogen-bond donors (Lipinski definition) is 2. The summed E-state index contributed by atoms with van der Waals surface area (Å²) in [4.78, 5) is 23.9. The van der Waals surface area contributed by atoms with Gasteiger partial charge >= 0.3 is 5.97 Å². The van der Waals surface area contributed by atoms with Gasteiger partial charge in [-0.05, 0) is 56.7 Å². The largest absolute Gasteiger partial charge is 0.459 e. The number of benzene rings is 2. The zero-order valence-corrected chi connectivity index (χ0v) is 15.8. The molecule has 0 saturated heterocycles. The van der Waals surface area contributed by atoms with E-state index in [4.69, 9.17) is 16.3 Å². The van der Waals surface area contributed by atoms with Crippen LogP contribution in [0.3, 0.4) is 0 Å². The van der Waals surface area contributed by atoms with Gasteiger partial charge in [0.05, 0.1) is 18.2 Å². The quantitative estimate of drug-likeness (QED) is 0.713. The van der Waals surface area contributed by atoms with E-state index in [0.717, 1.165) is 5.56 Å². The van der Waals surface area contributed by atoms with Crippen molar-refractivity contribution in [3.8, 4) is 0 Å². The summed E-state index contributed by atoms with van der Waals surface area (Å²) in [6.45, 7) is 5.68. The predicted octanol–water partition coefficient (Wildman–Crippen LogP) is 4.19. The van der Waals surface area contributed by atoms with Crippen LogP contribution in [0.5, 0.6) is 0 Å². The first-order chi connectivity index (χ1) is 12.4. The van der Waals surface area contributed by atoms with Crippen LogP contribution in [-0.2, 0) is 9.53 Å². The summed E-state index contributed by atoms with van der Waals surface area (Å²) in [6.07, 6.45) is -0.173. The van der Waals surface area contributed by atoms with Crippen molar-refractivity contribution < 1.29 is 14.3 Å². The molecule has 26 heavy (non-hydrogen) atoms. The van der Waals surface area contributed by atoms with Gasteiger partial charge < -0.3 is 15.4 Å². The van der Waals surface area contributed by atoms with Gasteiger partial charge in [0, 0.05) is 16.8 Å². The van der Waals surface area contributed by atoms with Crippen molar-refractivity contribution in [3.63, 3.8) is 0 Å². The molecule has 0 aliphatic rings. The molecule has 0 radical (unpaired) electrons. The topological polar surface area (TPSA) is 67.4 Å². The molecule has 2 aromatic carbocycles. The lowest BCUT2D eigenvalue weighted by molar-refractivity contribution is -0.115. The van der Waals surface area contributed by atoms with Gasteiger partial charge in [-0.1, -0.05) is 29.8 Å². The molecule has 0 fully saturated rings. The van der Waals surface area contributed by atoms with E-state index in [9.17, 15) is 9.59 Å². The van der Waals surface area contributed by atoms with Gasteiger partial charge in [-0.3, -0.25) is 4.79 Å². The number of rotatable bonds is 7. The first-order valence-corrected chi connectivity index (χ1v) is 8.83. The van der Waals surface area contributed by atoms with Gasteiger partial charge in [0.1, 0.15) is 0 Å². The molecular weight excluding hydrogens is 352 g/mol. The lowest BCUT2D eigenvalue weighted by atomic mass is 10.1. The zero-order valence-electron chi connectivity index (χ0n) is 15.1. The molecule has 1 atom stereocenters. The van der Waals surface area contributed by atoms with E-state index in [1.807, 2.05) is 31.2 Å². The third-order valence-corrected chi connectivity index (χ3v) is 4.03. The Kier molecular flexibility index (Phi) is 7.18. The average Bonchev–Trinajstić information content (AvgIpc) is 2.60. The molecule has 0 bridgehead atoms. The second kappa shape index (κ2) is 9.36. The first kappa shape index (κ1) is 19.9. The number of carbonyl (C=O) groups excluding carboxylic acids is 2. The second-order valence-electron chi connectivity index (χ2n) is 6.20. The highest BCUT2D eigenvalue weighted by atomic mass is 35.5. The van der Waals surface area contributed by atoms with Gasteiger partial charge in [-0.2, -0.15) is 0 Å². The number of carbonyl (C=O) groups is 2. The Labute approximate surface area is 158 Å². The fraction of sp³-hybridized carbons (Fsp3) is 0.300. The number of ether oxygens (including phenoxy) is 1. The van der Waals surface area contributed by atoms with E-state index < -0.39 is 0 Å². The molecule has 0 spiro atoms. The molecule has 1 amide bonds. The highest BCUT2D eigenvalue weighted by Gasteiger charge is 2.12. The molecule has 0 aliphatic heterocycles. The number of halogens is 1. The van der Waals surface area contributed by atoms with E-state index in [0.29, 0.717) is 16.3 Å². The van der Waals surface area contributed by atoms with Gasteiger partial charge in [-0.25, -0.2) is 4.79 Å². The molecule has 0 heterocycles. The van der Waals surface area contributed by atoms with Crippen LogP contribution in [0.1, 0.15) is 42.7 Å².